The molecule has 17 heavy (non-hydrogen) atoms. The lowest BCUT2D eigenvalue weighted by Gasteiger charge is -2.20. The maximum Gasteiger partial charge on any atom is 0.191 e. The van der Waals surface area contributed by atoms with E-state index in [1.807, 2.05) is 0 Å². The fraction of sp³-hybridized carbons (Fsp3) is 0.909. The third-order valence-corrected chi connectivity index (χ3v) is 4.73. The molecule has 0 aromatic carbocycles. The van der Waals surface area contributed by atoms with Crippen molar-refractivity contribution in [2.45, 2.75) is 32.6 Å². The number of sulfone groups is 1. The van der Waals surface area contributed by atoms with Crippen molar-refractivity contribution >= 4 is 15.8 Å². The number of hydrogen-bond acceptors (Lipinski definition) is 3. The van der Waals surface area contributed by atoms with E-state index in [4.69, 9.17) is 5.73 Å². The number of nitrogens with zero attached hydrogens (tertiary/aromatic N) is 2. The Hall–Kier alpha value is -0.780. The van der Waals surface area contributed by atoms with E-state index < -0.39 is 9.84 Å². The quantitative estimate of drug-likeness (QED) is 0.594. The summed E-state index contributed by atoms with van der Waals surface area (Å²) in [4.78, 5) is 6.22. The lowest BCUT2D eigenvalue weighted by molar-refractivity contribution is 0.429. The summed E-state index contributed by atoms with van der Waals surface area (Å²) < 4.78 is 22.6. The molecule has 0 radical (unpaired) electrons. The number of aliphatic imine (C=N–C) groups is 1. The first kappa shape index (κ1) is 14.3. The third kappa shape index (κ3) is 5.39. The number of likely N-dealkylation sites (tertiary alicyclic amines) is 1. The lowest BCUT2D eigenvalue weighted by Crippen LogP contribution is -2.38. The van der Waals surface area contributed by atoms with Crippen molar-refractivity contribution < 1.29 is 8.42 Å². The molecule has 1 heterocycles. The second-order valence-corrected chi connectivity index (χ2v) is 6.85. The van der Waals surface area contributed by atoms with E-state index in [2.05, 4.69) is 9.89 Å². The van der Waals surface area contributed by atoms with E-state index in [0.29, 0.717) is 5.96 Å². The molecule has 0 aromatic heterocycles. The molecule has 0 aromatic rings. The van der Waals surface area contributed by atoms with Crippen molar-refractivity contribution in [2.24, 2.45) is 10.7 Å². The first-order valence-electron chi connectivity index (χ1n) is 6.30. The van der Waals surface area contributed by atoms with Gasteiger partial charge < -0.3 is 10.6 Å². The summed E-state index contributed by atoms with van der Waals surface area (Å²) in [5.74, 6) is 0.766. The number of hydrogen-bond donors (Lipinski definition) is 1. The molecule has 0 amide bonds. The second kappa shape index (κ2) is 6.83. The van der Waals surface area contributed by atoms with Gasteiger partial charge in [0.15, 0.2) is 15.8 Å². The lowest BCUT2D eigenvalue weighted by atomic mass is 10.2. The smallest absolute Gasteiger partial charge is 0.191 e. The van der Waals surface area contributed by atoms with Gasteiger partial charge in [-0.1, -0.05) is 19.8 Å². The molecule has 0 unspecified atom stereocenters. The molecule has 0 aliphatic carbocycles. The highest BCUT2D eigenvalue weighted by Crippen LogP contribution is 2.08. The van der Waals surface area contributed by atoms with Crippen molar-refractivity contribution in [1.29, 1.82) is 0 Å². The summed E-state index contributed by atoms with van der Waals surface area (Å²) in [6, 6.07) is 0. The van der Waals surface area contributed by atoms with Crippen LogP contribution < -0.4 is 5.73 Å². The summed E-state index contributed by atoms with van der Waals surface area (Å²) in [5.41, 5.74) is 5.87. The molecule has 100 valence electrons. The molecule has 5 nitrogen and oxygen atoms in total. The molecule has 0 atom stereocenters. The van der Waals surface area contributed by atoms with Gasteiger partial charge >= 0.3 is 0 Å². The van der Waals surface area contributed by atoms with Crippen LogP contribution in [0.3, 0.4) is 0 Å². The summed E-state index contributed by atoms with van der Waals surface area (Å²) in [6.07, 6.45) is 4.77. The van der Waals surface area contributed by atoms with E-state index in [1.165, 1.54) is 12.8 Å². The second-order valence-electron chi connectivity index (χ2n) is 4.38. The Morgan fingerprint density at radius 1 is 1.24 bits per heavy atom. The van der Waals surface area contributed by atoms with Gasteiger partial charge in [0, 0.05) is 18.8 Å². The van der Waals surface area contributed by atoms with Crippen LogP contribution in [0.2, 0.25) is 0 Å². The minimum absolute atomic E-state index is 0.0953. The SMILES string of the molecule is CCS(=O)(=O)CCN=C(N)N1CCCCCC1. The van der Waals surface area contributed by atoms with E-state index >= 15 is 0 Å². The van der Waals surface area contributed by atoms with Gasteiger partial charge in [-0.25, -0.2) is 8.42 Å². The topological polar surface area (TPSA) is 75.8 Å². The van der Waals surface area contributed by atoms with Gasteiger partial charge in [0.2, 0.25) is 0 Å². The van der Waals surface area contributed by atoms with Gasteiger partial charge in [0.1, 0.15) is 0 Å². The average molecular weight is 261 g/mol. The first-order chi connectivity index (χ1) is 8.05. The van der Waals surface area contributed by atoms with E-state index in [0.717, 1.165) is 25.9 Å². The average Bonchev–Trinajstić information content (AvgIpc) is 2.57. The minimum atomic E-state index is -2.93. The highest BCUT2D eigenvalue weighted by molar-refractivity contribution is 7.91. The van der Waals surface area contributed by atoms with Crippen LogP contribution in [0.25, 0.3) is 0 Å². The zero-order valence-electron chi connectivity index (χ0n) is 10.6. The van der Waals surface area contributed by atoms with Crippen LogP contribution in [0.15, 0.2) is 4.99 Å². The summed E-state index contributed by atoms with van der Waals surface area (Å²) in [6.45, 7) is 3.81. The molecule has 1 fully saturated rings. The molecule has 0 bridgehead atoms. The van der Waals surface area contributed by atoms with Crippen LogP contribution in [0, 0.1) is 0 Å². The Labute approximate surface area is 104 Å². The largest absolute Gasteiger partial charge is 0.370 e. The molecule has 0 spiro atoms. The van der Waals surface area contributed by atoms with Crippen LogP contribution in [0.1, 0.15) is 32.6 Å². The predicted molar refractivity (Wildman–Crippen MR) is 70.9 cm³/mol. The Morgan fingerprint density at radius 3 is 2.35 bits per heavy atom. The van der Waals surface area contributed by atoms with Crippen LogP contribution in [0.5, 0.6) is 0 Å². The summed E-state index contributed by atoms with van der Waals surface area (Å²) >= 11 is 0. The third-order valence-electron chi connectivity index (χ3n) is 3.05. The zero-order chi connectivity index (χ0) is 12.7. The highest BCUT2D eigenvalue weighted by atomic mass is 32.2. The highest BCUT2D eigenvalue weighted by Gasteiger charge is 2.11. The summed E-state index contributed by atoms with van der Waals surface area (Å²) in [7, 11) is -2.93. The molecular formula is C11H23N3O2S. The minimum Gasteiger partial charge on any atom is -0.370 e. The maximum atomic E-state index is 11.3. The Balaban J connectivity index is 2.42. The molecule has 1 aliphatic rings. The van der Waals surface area contributed by atoms with Crippen LogP contribution in [-0.4, -0.2) is 50.4 Å². The standard InChI is InChI=1S/C11H23N3O2S/c1-2-17(15,16)10-7-13-11(12)14-8-5-3-4-6-9-14/h2-10H2,1H3,(H2,12,13). The van der Waals surface area contributed by atoms with Gasteiger partial charge in [-0.05, 0) is 12.8 Å². The Morgan fingerprint density at radius 2 is 1.82 bits per heavy atom. The van der Waals surface area contributed by atoms with Crippen molar-refractivity contribution in [3.8, 4) is 0 Å². The van der Waals surface area contributed by atoms with Crippen molar-refractivity contribution in [2.75, 3.05) is 31.1 Å². The van der Waals surface area contributed by atoms with E-state index in [-0.39, 0.29) is 18.1 Å². The number of guanidine groups is 1. The van der Waals surface area contributed by atoms with E-state index in [9.17, 15) is 8.42 Å². The molecule has 0 saturated carbocycles. The van der Waals surface area contributed by atoms with Gasteiger partial charge in [-0.15, -0.1) is 0 Å². The fourth-order valence-electron chi connectivity index (χ4n) is 1.84. The monoisotopic (exact) mass is 261 g/mol. The van der Waals surface area contributed by atoms with Crippen molar-refractivity contribution in [1.82, 2.24) is 4.90 Å². The van der Waals surface area contributed by atoms with E-state index in [1.54, 1.807) is 6.92 Å². The first-order valence-corrected chi connectivity index (χ1v) is 8.12. The molecule has 1 rings (SSSR count). The predicted octanol–water partition coefficient (Wildman–Crippen LogP) is 0.612. The van der Waals surface area contributed by atoms with Crippen molar-refractivity contribution in [3.63, 3.8) is 0 Å². The molecular weight excluding hydrogens is 238 g/mol. The zero-order valence-corrected chi connectivity index (χ0v) is 11.4. The van der Waals surface area contributed by atoms with Crippen LogP contribution in [0.4, 0.5) is 0 Å². The Bertz CT molecular complexity index is 344. The summed E-state index contributed by atoms with van der Waals surface area (Å²) in [5, 5.41) is 0. The van der Waals surface area contributed by atoms with Gasteiger partial charge in [0.05, 0.1) is 12.3 Å². The van der Waals surface area contributed by atoms with Crippen LogP contribution in [-0.2, 0) is 9.84 Å². The number of rotatable bonds is 4. The van der Waals surface area contributed by atoms with Gasteiger partial charge in [-0.3, -0.25) is 4.99 Å². The van der Waals surface area contributed by atoms with Gasteiger partial charge in [0.25, 0.3) is 0 Å². The van der Waals surface area contributed by atoms with Crippen LogP contribution >= 0.6 is 0 Å². The molecule has 1 saturated heterocycles. The Kier molecular flexibility index (Phi) is 5.74. The molecule has 6 heteroatoms. The fourth-order valence-corrected chi connectivity index (χ4v) is 2.50. The van der Waals surface area contributed by atoms with Crippen molar-refractivity contribution in [3.05, 3.63) is 0 Å². The van der Waals surface area contributed by atoms with Gasteiger partial charge in [-0.2, -0.15) is 0 Å². The number of nitrogens with two attached hydrogens (primary N) is 1. The maximum absolute atomic E-state index is 11.3. The molecule has 2 N–H and O–H groups in total. The molecule has 1 aliphatic heterocycles. The normalized spacial score (nSPS) is 19.1.